The number of anilines is 1. The number of likely N-dealkylation sites (tertiary alicyclic amines) is 2. The van der Waals surface area contributed by atoms with Gasteiger partial charge in [0, 0.05) is 81.0 Å². The van der Waals surface area contributed by atoms with Gasteiger partial charge >= 0.3 is 6.01 Å². The molecule has 4 aliphatic heterocycles. The van der Waals surface area contributed by atoms with Gasteiger partial charge in [0.25, 0.3) is 0 Å². The van der Waals surface area contributed by atoms with Crippen LogP contribution in [0.3, 0.4) is 0 Å². The van der Waals surface area contributed by atoms with Crippen LogP contribution in [0.4, 0.5) is 19.0 Å². The number of carbonyl (C=O) groups excluding carboxylic acids is 1. The maximum atomic E-state index is 16.9. The molecule has 0 bridgehead atoms. The molecule has 6 heterocycles. The van der Waals surface area contributed by atoms with Crippen LogP contribution in [0, 0.1) is 11.6 Å². The maximum Gasteiger partial charge on any atom is 0.319 e. The summed E-state index contributed by atoms with van der Waals surface area (Å²) >= 11 is 6.43. The molecule has 8 rings (SSSR count). The Kier molecular flexibility index (Phi) is 9.28. The molecule has 2 aromatic heterocycles. The van der Waals surface area contributed by atoms with Gasteiger partial charge < -0.3 is 14.5 Å². The minimum Gasteiger partial charge on any atom is -0.461 e. The van der Waals surface area contributed by atoms with Crippen molar-refractivity contribution in [2.75, 3.05) is 51.3 Å². The first-order valence-electron chi connectivity index (χ1n) is 18.2. The Morgan fingerprint density at radius 3 is 2.77 bits per heavy atom. The summed E-state index contributed by atoms with van der Waals surface area (Å²) in [6.07, 6.45) is 8.13. The molecule has 4 atom stereocenters. The molecule has 4 saturated heterocycles. The molecule has 0 aliphatic carbocycles. The lowest BCUT2D eigenvalue weighted by Gasteiger charge is -2.42. The van der Waals surface area contributed by atoms with Gasteiger partial charge in [0.05, 0.1) is 15.9 Å². The monoisotopic (exact) mass is 733 g/mol. The first kappa shape index (κ1) is 35.1. The summed E-state index contributed by atoms with van der Waals surface area (Å²) in [6, 6.07) is 8.61. The highest BCUT2D eigenvalue weighted by atomic mass is 35.5. The zero-order valence-electron chi connectivity index (χ0n) is 29.7. The molecule has 0 saturated carbocycles. The molecule has 52 heavy (non-hydrogen) atoms. The lowest BCUT2D eigenvalue weighted by molar-refractivity contribution is -0.125. The van der Waals surface area contributed by atoms with E-state index in [4.69, 9.17) is 21.3 Å². The molecule has 274 valence electrons. The first-order valence-corrected chi connectivity index (χ1v) is 18.6. The SMILES string of the molecule is CC(C)N1CC[C@@H]1/C=C/C(=O)N1CC[C@@H](N(C)c2nc(OC[C@@]34CCCN3C[C@H](F)C4)nc3c(F)c(-c4cccc5ccc(F)c(Cl)c45)ncc23)C1. The molecule has 0 spiro atoms. The predicted molar refractivity (Wildman–Crippen MR) is 197 cm³/mol. The number of fused-ring (bicyclic) bond motifs is 3. The average Bonchev–Trinajstić information content (AvgIpc) is 3.83. The molecule has 4 fully saturated rings. The smallest absolute Gasteiger partial charge is 0.319 e. The highest BCUT2D eigenvalue weighted by Gasteiger charge is 2.49. The van der Waals surface area contributed by atoms with E-state index < -0.39 is 23.3 Å². The molecular formula is C39H43ClF3N7O2. The lowest BCUT2D eigenvalue weighted by atomic mass is 9.95. The number of alkyl halides is 1. The Hall–Kier alpha value is -4.00. The Morgan fingerprint density at radius 2 is 1.98 bits per heavy atom. The number of carbonyl (C=O) groups is 1. The van der Waals surface area contributed by atoms with Gasteiger partial charge in [-0.05, 0) is 57.5 Å². The van der Waals surface area contributed by atoms with Crippen LogP contribution in [0.1, 0.15) is 46.0 Å². The number of halogens is 4. The fraction of sp³-hybridized carbons (Fsp3) is 0.487. The van der Waals surface area contributed by atoms with Gasteiger partial charge in [-0.2, -0.15) is 9.97 Å². The third-order valence-corrected chi connectivity index (χ3v) is 12.0. The van der Waals surface area contributed by atoms with Crippen molar-refractivity contribution in [3.05, 3.63) is 65.3 Å². The van der Waals surface area contributed by atoms with Crippen LogP contribution < -0.4 is 9.64 Å². The number of amides is 1. The highest BCUT2D eigenvalue weighted by Crippen LogP contribution is 2.42. The summed E-state index contributed by atoms with van der Waals surface area (Å²) in [5, 5.41) is 1.23. The van der Waals surface area contributed by atoms with Crippen molar-refractivity contribution in [3.8, 4) is 17.3 Å². The molecule has 9 nitrogen and oxygen atoms in total. The Morgan fingerprint density at radius 1 is 1.13 bits per heavy atom. The van der Waals surface area contributed by atoms with E-state index in [1.807, 2.05) is 22.9 Å². The molecule has 4 aliphatic rings. The number of aromatic nitrogens is 3. The summed E-state index contributed by atoms with van der Waals surface area (Å²) in [6.45, 7) is 7.74. The van der Waals surface area contributed by atoms with E-state index in [0.717, 1.165) is 32.4 Å². The molecule has 13 heteroatoms. The fourth-order valence-electron chi connectivity index (χ4n) is 8.70. The van der Waals surface area contributed by atoms with Gasteiger partial charge in [-0.15, -0.1) is 0 Å². The lowest BCUT2D eigenvalue weighted by Crippen LogP contribution is -2.50. The zero-order valence-corrected chi connectivity index (χ0v) is 30.4. The molecular weight excluding hydrogens is 691 g/mol. The van der Waals surface area contributed by atoms with Gasteiger partial charge in [-0.25, -0.2) is 13.2 Å². The van der Waals surface area contributed by atoms with Gasteiger partial charge in [-0.3, -0.25) is 19.6 Å². The third-order valence-electron chi connectivity index (χ3n) is 11.7. The number of hydrogen-bond donors (Lipinski definition) is 0. The van der Waals surface area contributed by atoms with Crippen LogP contribution in [-0.2, 0) is 4.79 Å². The fourth-order valence-corrected chi connectivity index (χ4v) is 8.98. The Balaban J connectivity index is 1.13. The zero-order chi connectivity index (χ0) is 36.3. The highest BCUT2D eigenvalue weighted by molar-refractivity contribution is 6.36. The predicted octanol–water partition coefficient (Wildman–Crippen LogP) is 6.81. The first-order chi connectivity index (χ1) is 25.0. The second-order valence-electron chi connectivity index (χ2n) is 15.0. The van der Waals surface area contributed by atoms with Crippen LogP contribution in [0.25, 0.3) is 32.9 Å². The standard InChI is InChI=1S/C39H43ClF3N7O2/c1-23(2)50-17-13-26(50)9-11-31(51)48-16-12-27(21-48)47(3)37-29-19-44-35(28-7-4-6-24-8-10-30(42)33(40)32(24)28)34(43)36(29)45-38(46-37)52-22-39-14-5-15-49(39)20-25(41)18-39/h4,6-11,19,23,25-27H,5,12-18,20-22H2,1-3H3/b11-9+/t25-,26+,27-,39+/m1/s1. The number of likely N-dealkylation sites (N-methyl/N-ethyl adjacent to an activating group) is 1. The molecule has 2 aromatic carbocycles. The number of hydrogen-bond acceptors (Lipinski definition) is 8. The van der Waals surface area contributed by atoms with Crippen LogP contribution in [-0.4, -0.2) is 112 Å². The summed E-state index contributed by atoms with van der Waals surface area (Å²) in [7, 11) is 1.87. The summed E-state index contributed by atoms with van der Waals surface area (Å²) in [5.41, 5.74) is -0.177. The molecule has 1 amide bonds. The Labute approximate surface area is 306 Å². The second-order valence-corrected chi connectivity index (χ2v) is 15.4. The van der Waals surface area contributed by atoms with Crippen molar-refractivity contribution in [2.45, 2.75) is 75.8 Å². The summed E-state index contributed by atoms with van der Waals surface area (Å²) in [5.74, 6) is -0.967. The maximum absolute atomic E-state index is 16.9. The minimum absolute atomic E-state index is 0.0129. The largest absolute Gasteiger partial charge is 0.461 e. The quantitative estimate of drug-likeness (QED) is 0.174. The van der Waals surface area contributed by atoms with Gasteiger partial charge in [0.2, 0.25) is 5.91 Å². The van der Waals surface area contributed by atoms with Crippen LogP contribution in [0.15, 0.2) is 48.7 Å². The minimum atomic E-state index is -0.933. The van der Waals surface area contributed by atoms with E-state index in [1.54, 1.807) is 30.3 Å². The number of rotatable bonds is 9. The van der Waals surface area contributed by atoms with E-state index >= 15 is 4.39 Å². The number of benzene rings is 2. The molecule has 4 aromatic rings. The summed E-state index contributed by atoms with van der Waals surface area (Å²) in [4.78, 5) is 35.5. The Bertz CT molecular complexity index is 2070. The van der Waals surface area contributed by atoms with E-state index in [0.29, 0.717) is 66.1 Å². The van der Waals surface area contributed by atoms with Gasteiger partial charge in [0.1, 0.15) is 35.6 Å². The molecule has 0 unspecified atom stereocenters. The van der Waals surface area contributed by atoms with E-state index in [1.165, 1.54) is 12.3 Å². The van der Waals surface area contributed by atoms with E-state index in [2.05, 4.69) is 33.6 Å². The number of pyridine rings is 1. The molecule has 0 N–H and O–H groups in total. The van der Waals surface area contributed by atoms with E-state index in [9.17, 15) is 13.6 Å². The van der Waals surface area contributed by atoms with Crippen molar-refractivity contribution >= 4 is 45.0 Å². The third kappa shape index (κ3) is 6.16. The number of nitrogens with zero attached hydrogens (tertiary/aromatic N) is 7. The van der Waals surface area contributed by atoms with Crippen LogP contribution in [0.2, 0.25) is 5.02 Å². The number of ether oxygens (including phenoxy) is 1. The van der Waals surface area contributed by atoms with Crippen molar-refractivity contribution in [2.24, 2.45) is 0 Å². The van der Waals surface area contributed by atoms with E-state index in [-0.39, 0.29) is 46.8 Å². The van der Waals surface area contributed by atoms with Crippen molar-refractivity contribution in [1.82, 2.24) is 29.7 Å². The van der Waals surface area contributed by atoms with Crippen molar-refractivity contribution in [1.29, 1.82) is 0 Å². The second kappa shape index (κ2) is 13.8. The van der Waals surface area contributed by atoms with Gasteiger partial charge in [0.15, 0.2) is 5.82 Å². The average molecular weight is 734 g/mol. The van der Waals surface area contributed by atoms with Crippen LogP contribution >= 0.6 is 11.6 Å². The van der Waals surface area contributed by atoms with Gasteiger partial charge in [-0.1, -0.05) is 41.9 Å². The normalized spacial score (nSPS) is 25.2. The summed E-state index contributed by atoms with van der Waals surface area (Å²) < 4.78 is 52.4. The van der Waals surface area contributed by atoms with Crippen LogP contribution in [0.5, 0.6) is 6.01 Å². The van der Waals surface area contributed by atoms with Crippen molar-refractivity contribution in [3.63, 3.8) is 0 Å². The van der Waals surface area contributed by atoms with Crippen molar-refractivity contribution < 1.29 is 22.7 Å². The molecule has 0 radical (unpaired) electrons. The topological polar surface area (TPSA) is 77.9 Å².